The molecule has 0 radical (unpaired) electrons. The Kier molecular flexibility index (Phi) is 7.58. The summed E-state index contributed by atoms with van der Waals surface area (Å²) in [5.74, 6) is -0.561. The van der Waals surface area contributed by atoms with Crippen LogP contribution in [0.2, 0.25) is 0 Å². The summed E-state index contributed by atoms with van der Waals surface area (Å²) in [6.07, 6.45) is 6.07. The van der Waals surface area contributed by atoms with Gasteiger partial charge in [-0.25, -0.2) is 13.1 Å². The summed E-state index contributed by atoms with van der Waals surface area (Å²) in [5, 5.41) is 0. The van der Waals surface area contributed by atoms with E-state index in [1.807, 2.05) is 6.08 Å². The van der Waals surface area contributed by atoms with Crippen molar-refractivity contribution in [3.63, 3.8) is 0 Å². The van der Waals surface area contributed by atoms with Crippen molar-refractivity contribution >= 4 is 38.9 Å². The average Bonchev–Trinajstić information content (AvgIpc) is 2.66. The van der Waals surface area contributed by atoms with Crippen molar-refractivity contribution in [2.24, 2.45) is 0 Å². The molecule has 0 amide bonds. The fourth-order valence-corrected chi connectivity index (χ4v) is 4.15. The van der Waals surface area contributed by atoms with Gasteiger partial charge >= 0.3 is 5.97 Å². The predicted molar refractivity (Wildman–Crippen MR) is 107 cm³/mol. The van der Waals surface area contributed by atoms with Crippen LogP contribution in [0, 0.1) is 0 Å². The Labute approximate surface area is 164 Å². The minimum Gasteiger partial charge on any atom is -0.469 e. The van der Waals surface area contributed by atoms with E-state index in [0.717, 1.165) is 5.56 Å². The molecule has 0 saturated carbocycles. The number of sulfonamides is 1. The first-order valence-electron chi connectivity index (χ1n) is 8.42. The zero-order valence-corrected chi connectivity index (χ0v) is 16.6. The normalized spacial score (nSPS) is 14.0. The van der Waals surface area contributed by atoms with Gasteiger partial charge in [0, 0.05) is 29.8 Å². The maximum Gasteiger partial charge on any atom is 0.305 e. The van der Waals surface area contributed by atoms with Crippen LogP contribution in [0.4, 0.5) is 0 Å². The monoisotopic (exact) mass is 407 g/mol. The van der Waals surface area contributed by atoms with E-state index in [4.69, 9.17) is 12.2 Å². The minimum atomic E-state index is -3.62. The fourth-order valence-electron chi connectivity index (χ4n) is 2.49. The molecule has 6 nitrogen and oxygen atoms in total. The zero-order valence-electron chi connectivity index (χ0n) is 14.9. The number of nitrogens with one attached hydrogen (secondary N) is 1. The van der Waals surface area contributed by atoms with Crippen molar-refractivity contribution < 1.29 is 22.7 Å². The smallest absolute Gasteiger partial charge is 0.305 e. The number of rotatable bonds is 9. The quantitative estimate of drug-likeness (QED) is 0.384. The summed E-state index contributed by atoms with van der Waals surface area (Å²) < 4.78 is 31.7. The van der Waals surface area contributed by atoms with Gasteiger partial charge < -0.3 is 4.74 Å². The summed E-state index contributed by atoms with van der Waals surface area (Å²) in [6, 6.07) is 6.89. The van der Waals surface area contributed by atoms with Crippen molar-refractivity contribution in [1.29, 1.82) is 0 Å². The molecule has 1 aliphatic rings. The van der Waals surface area contributed by atoms with Gasteiger partial charge in [0.25, 0.3) is 0 Å². The number of hydrogen-bond acceptors (Lipinski definition) is 6. The molecule has 2 rings (SSSR count). The number of thiocarbonyl (C=S) groups is 1. The number of allylic oxidation sites excluding steroid dienone is 4. The summed E-state index contributed by atoms with van der Waals surface area (Å²) in [6.45, 7) is 0.224. The van der Waals surface area contributed by atoms with E-state index in [2.05, 4.69) is 9.46 Å². The Bertz CT molecular complexity index is 883. The summed E-state index contributed by atoms with van der Waals surface area (Å²) in [5.41, 5.74) is 1.40. The topological polar surface area (TPSA) is 89.5 Å². The SMILES string of the molecule is COC(=O)CCC(=O)c1ccc(CCNS(=O)(=O)C2=CC=CCC2=S)cc1. The first-order valence-corrected chi connectivity index (χ1v) is 10.3. The Hall–Kier alpha value is -2.16. The van der Waals surface area contributed by atoms with Crippen LogP contribution in [-0.4, -0.2) is 38.7 Å². The molecular weight excluding hydrogens is 386 g/mol. The molecular formula is C19H21NO5S2. The van der Waals surface area contributed by atoms with E-state index in [0.29, 0.717) is 23.3 Å². The van der Waals surface area contributed by atoms with Crippen molar-refractivity contribution in [3.05, 3.63) is 58.5 Å². The van der Waals surface area contributed by atoms with Gasteiger partial charge in [0.2, 0.25) is 10.0 Å². The number of hydrogen-bond donors (Lipinski definition) is 1. The minimum absolute atomic E-state index is 0.0474. The highest BCUT2D eigenvalue weighted by Gasteiger charge is 2.21. The van der Waals surface area contributed by atoms with Crippen molar-refractivity contribution in [2.75, 3.05) is 13.7 Å². The second-order valence-electron chi connectivity index (χ2n) is 5.93. The lowest BCUT2D eigenvalue weighted by atomic mass is 10.0. The molecule has 0 bridgehead atoms. The third-order valence-electron chi connectivity index (χ3n) is 4.02. The number of Topliss-reactive ketones (excluding diaryl/α,β-unsaturated/α-hetero) is 1. The van der Waals surface area contributed by atoms with Crippen molar-refractivity contribution in [2.45, 2.75) is 25.7 Å². The van der Waals surface area contributed by atoms with Crippen LogP contribution in [-0.2, 0) is 26.0 Å². The highest BCUT2D eigenvalue weighted by atomic mass is 32.2. The van der Waals surface area contributed by atoms with E-state index in [-0.39, 0.29) is 30.1 Å². The number of methoxy groups -OCH3 is 1. The lowest BCUT2D eigenvalue weighted by molar-refractivity contribution is -0.140. The highest BCUT2D eigenvalue weighted by Crippen LogP contribution is 2.15. The van der Waals surface area contributed by atoms with Gasteiger partial charge in [0.1, 0.15) is 0 Å². The number of ether oxygens (including phenoxy) is 1. The molecule has 1 aliphatic carbocycles. The molecule has 0 aliphatic heterocycles. The average molecular weight is 408 g/mol. The molecule has 0 heterocycles. The van der Waals surface area contributed by atoms with Crippen molar-refractivity contribution in [3.8, 4) is 0 Å². The molecule has 8 heteroatoms. The molecule has 1 aromatic rings. The number of carbonyl (C=O) groups excluding carboxylic acids is 2. The molecule has 0 unspecified atom stereocenters. The number of benzene rings is 1. The summed E-state index contributed by atoms with van der Waals surface area (Å²) in [7, 11) is -2.34. The Morgan fingerprint density at radius 3 is 2.52 bits per heavy atom. The fraction of sp³-hybridized carbons (Fsp3) is 0.316. The maximum atomic E-state index is 12.3. The van der Waals surface area contributed by atoms with Gasteiger partial charge in [-0.1, -0.05) is 48.6 Å². The van der Waals surface area contributed by atoms with Crippen molar-refractivity contribution in [1.82, 2.24) is 4.72 Å². The summed E-state index contributed by atoms with van der Waals surface area (Å²) in [4.78, 5) is 23.6. The third-order valence-corrected chi connectivity index (χ3v) is 6.08. The van der Waals surface area contributed by atoms with Crippen LogP contribution in [0.3, 0.4) is 0 Å². The highest BCUT2D eigenvalue weighted by molar-refractivity contribution is 7.96. The Balaban J connectivity index is 1.87. The van der Waals surface area contributed by atoms with Gasteiger partial charge in [-0.2, -0.15) is 0 Å². The number of ketones is 1. The largest absolute Gasteiger partial charge is 0.469 e. The first kappa shape index (κ1) is 21.1. The Morgan fingerprint density at radius 1 is 1.19 bits per heavy atom. The number of carbonyl (C=O) groups is 2. The zero-order chi connectivity index (χ0) is 19.9. The predicted octanol–water partition coefficient (Wildman–Crippen LogP) is 2.50. The van der Waals surface area contributed by atoms with Gasteiger partial charge in [-0.15, -0.1) is 0 Å². The van der Waals surface area contributed by atoms with Crippen LogP contribution in [0.5, 0.6) is 0 Å². The molecule has 0 aromatic heterocycles. The van der Waals surface area contributed by atoms with Crippen LogP contribution in [0.15, 0.2) is 47.4 Å². The second kappa shape index (κ2) is 9.68. The van der Waals surface area contributed by atoms with Crippen LogP contribution < -0.4 is 4.72 Å². The molecule has 27 heavy (non-hydrogen) atoms. The second-order valence-corrected chi connectivity index (χ2v) is 8.16. The molecule has 0 spiro atoms. The first-order chi connectivity index (χ1) is 12.8. The van der Waals surface area contributed by atoms with E-state index in [1.165, 1.54) is 13.2 Å². The van der Waals surface area contributed by atoms with Crippen LogP contribution in [0.25, 0.3) is 0 Å². The standard InChI is InChI=1S/C19H21NO5S2/c1-25-19(22)11-10-16(21)15-8-6-14(7-9-15)12-13-20-27(23,24)18-5-3-2-4-17(18)26/h2-3,5-9,20H,4,10-13H2,1H3. The molecule has 0 saturated heterocycles. The van der Waals surface area contributed by atoms with Gasteiger partial charge in [-0.3, -0.25) is 9.59 Å². The van der Waals surface area contributed by atoms with E-state index in [1.54, 1.807) is 30.3 Å². The molecule has 0 fully saturated rings. The number of esters is 1. The molecule has 144 valence electrons. The van der Waals surface area contributed by atoms with E-state index < -0.39 is 16.0 Å². The van der Waals surface area contributed by atoms with E-state index >= 15 is 0 Å². The Morgan fingerprint density at radius 2 is 1.89 bits per heavy atom. The summed E-state index contributed by atoms with van der Waals surface area (Å²) >= 11 is 5.10. The van der Waals surface area contributed by atoms with E-state index in [9.17, 15) is 18.0 Å². The van der Waals surface area contributed by atoms with Gasteiger partial charge in [0.05, 0.1) is 18.4 Å². The van der Waals surface area contributed by atoms with Gasteiger partial charge in [0.15, 0.2) is 5.78 Å². The maximum absolute atomic E-state index is 12.3. The molecule has 0 atom stereocenters. The lowest BCUT2D eigenvalue weighted by Crippen LogP contribution is -2.30. The van der Waals surface area contributed by atoms with Crippen LogP contribution in [0.1, 0.15) is 35.2 Å². The van der Waals surface area contributed by atoms with Crippen LogP contribution >= 0.6 is 12.2 Å². The third kappa shape index (κ3) is 6.20. The molecule has 1 aromatic carbocycles. The van der Waals surface area contributed by atoms with Gasteiger partial charge in [-0.05, 0) is 18.1 Å². The molecule has 1 N–H and O–H groups in total. The lowest BCUT2D eigenvalue weighted by Gasteiger charge is -2.12.